The van der Waals surface area contributed by atoms with Crippen molar-refractivity contribution >= 4 is 125 Å². The molecule has 2 aliphatic rings. The third kappa shape index (κ3) is 10.1. The zero-order chi connectivity index (χ0) is 50.4. The fraction of sp³-hybridized carbons (Fsp3) is 0.174. The first-order chi connectivity index (χ1) is 33.1. The number of pyridine rings is 2. The number of sulfonamides is 2. The molecule has 8 rings (SSSR count). The summed E-state index contributed by atoms with van der Waals surface area (Å²) >= 11 is 31.9. The van der Waals surface area contributed by atoms with E-state index in [1.54, 1.807) is 0 Å². The number of nitrogens with zero attached hydrogens (tertiary/aromatic N) is 4. The van der Waals surface area contributed by atoms with Crippen LogP contribution in [0, 0.1) is 17.7 Å². The molecule has 0 fully saturated rings. The summed E-state index contributed by atoms with van der Waals surface area (Å²) in [4.78, 5) is 59.4. The van der Waals surface area contributed by atoms with E-state index in [0.717, 1.165) is 20.7 Å². The van der Waals surface area contributed by atoms with Crippen molar-refractivity contribution in [2.45, 2.75) is 35.0 Å². The lowest BCUT2D eigenvalue weighted by molar-refractivity contribution is -0.139. The van der Waals surface area contributed by atoms with Crippen molar-refractivity contribution in [3.05, 3.63) is 162 Å². The second-order valence-corrected chi connectivity index (χ2v) is 21.9. The molecule has 2 amide bonds. The Morgan fingerprint density at radius 2 is 1.20 bits per heavy atom. The molecule has 1 unspecified atom stereocenters. The average Bonchev–Trinajstić information content (AvgIpc) is 3.28. The molecule has 0 radical (unpaired) electrons. The van der Waals surface area contributed by atoms with Crippen LogP contribution in [0.2, 0.25) is 25.1 Å². The van der Waals surface area contributed by atoms with Gasteiger partial charge in [0.1, 0.15) is 5.82 Å². The Labute approximate surface area is 424 Å². The summed E-state index contributed by atoms with van der Waals surface area (Å²) in [5, 5.41) is 24.8. The molecule has 0 spiro atoms. The number of amides is 2. The fourth-order valence-electron chi connectivity index (χ4n) is 8.47. The van der Waals surface area contributed by atoms with Gasteiger partial charge in [-0.3, -0.25) is 37.8 Å². The second kappa shape index (κ2) is 20.0. The molecule has 0 saturated heterocycles. The number of hydrogen-bond donors (Lipinski definition) is 4. The largest absolute Gasteiger partial charge is 0.481 e. The standard InChI is InChI=1S/C46H34Cl5FN6O10S2/c47-25-4-1-5-28(15-25)69(65,66)58-22-24(14-40(61)62)41(44-38(58)17-27(20-54-44)55-45(63)42-31(48)6-2-7-32(42)49)30-11-10-29(18-34(30)51)70(67,68)57-21-23(13-39(59)60)12-36-37(57)16-26(19-53-36)56-46(64)43-33(50)8-3-9-35(43)52/h1-11,15-20,23-24,41H,12-14,21-22H2,(H,55,63)(H,56,64)(H,59,60)(H,61,62)/t23-,24-,41?/m0/s1. The fourth-order valence-corrected chi connectivity index (χ4v) is 13.1. The predicted molar refractivity (Wildman–Crippen MR) is 261 cm³/mol. The highest BCUT2D eigenvalue weighted by atomic mass is 35.5. The number of carboxylic acid groups (broad SMARTS) is 2. The summed E-state index contributed by atoms with van der Waals surface area (Å²) < 4.78 is 75.1. The SMILES string of the molecule is O=C(O)C[C@@H]1Cc2ncc(NC(=O)c3c(F)cccc3Cl)cc2N(S(=O)(=O)c2ccc(C3c4ncc(NC(=O)c5c(Cl)cccc5Cl)cc4N(S(=O)(=O)c4cccc(Cl)c4)C[C@@H]3CC(=O)O)c(Cl)c2)C1. The van der Waals surface area contributed by atoms with E-state index in [0.29, 0.717) is 0 Å². The molecule has 70 heavy (non-hydrogen) atoms. The second-order valence-electron chi connectivity index (χ2n) is 16.1. The molecule has 6 aromatic rings. The number of fused-ring (bicyclic) bond motifs is 2. The molecule has 2 aromatic heterocycles. The molecule has 3 atom stereocenters. The minimum atomic E-state index is -4.67. The molecule has 24 heteroatoms. The van der Waals surface area contributed by atoms with Crippen LogP contribution in [-0.4, -0.2) is 73.9 Å². The van der Waals surface area contributed by atoms with Gasteiger partial charge in [-0.1, -0.05) is 82.3 Å². The highest BCUT2D eigenvalue weighted by molar-refractivity contribution is 7.93. The van der Waals surface area contributed by atoms with Gasteiger partial charge < -0.3 is 20.8 Å². The number of benzene rings is 4. The minimum Gasteiger partial charge on any atom is -0.481 e. The van der Waals surface area contributed by atoms with E-state index in [1.807, 2.05) is 0 Å². The normalized spacial score (nSPS) is 16.7. The number of carbonyl (C=O) groups excluding carboxylic acids is 2. The predicted octanol–water partition coefficient (Wildman–Crippen LogP) is 9.66. The molecule has 2 aliphatic heterocycles. The van der Waals surface area contributed by atoms with Crippen molar-refractivity contribution in [3.63, 3.8) is 0 Å². The van der Waals surface area contributed by atoms with E-state index in [2.05, 4.69) is 20.6 Å². The lowest BCUT2D eigenvalue weighted by Gasteiger charge is -2.40. The monoisotopic (exact) mass is 1090 g/mol. The molecule has 362 valence electrons. The van der Waals surface area contributed by atoms with E-state index >= 15 is 0 Å². The molecule has 0 bridgehead atoms. The summed E-state index contributed by atoms with van der Waals surface area (Å²) in [7, 11) is -9.21. The molecular formula is C46H34Cl5FN6O10S2. The number of rotatable bonds is 13. The van der Waals surface area contributed by atoms with E-state index in [-0.39, 0.29) is 88.2 Å². The topological polar surface area (TPSA) is 233 Å². The third-order valence-electron chi connectivity index (χ3n) is 11.5. The maximum absolute atomic E-state index is 14.8. The number of nitrogens with one attached hydrogen (secondary N) is 2. The van der Waals surface area contributed by atoms with Crippen molar-refractivity contribution in [3.8, 4) is 0 Å². The Kier molecular flexibility index (Phi) is 14.4. The zero-order valence-corrected chi connectivity index (χ0v) is 41.0. The van der Waals surface area contributed by atoms with E-state index in [9.17, 15) is 50.6 Å². The van der Waals surface area contributed by atoms with Gasteiger partial charge in [0.2, 0.25) is 0 Å². The van der Waals surface area contributed by atoms with E-state index in [4.69, 9.17) is 58.0 Å². The van der Waals surface area contributed by atoms with Crippen molar-refractivity contribution in [2.24, 2.45) is 11.8 Å². The first kappa shape index (κ1) is 50.3. The Balaban J connectivity index is 1.21. The minimum absolute atomic E-state index is 0.00632. The molecule has 16 nitrogen and oxygen atoms in total. The van der Waals surface area contributed by atoms with Gasteiger partial charge in [0, 0.05) is 35.0 Å². The van der Waals surface area contributed by atoms with E-state index < -0.39 is 97.2 Å². The van der Waals surface area contributed by atoms with Gasteiger partial charge >= 0.3 is 11.9 Å². The van der Waals surface area contributed by atoms with Gasteiger partial charge in [0.05, 0.1) is 95.4 Å². The van der Waals surface area contributed by atoms with Crippen LogP contribution < -0.4 is 19.2 Å². The van der Waals surface area contributed by atoms with Crippen molar-refractivity contribution in [1.82, 2.24) is 9.97 Å². The van der Waals surface area contributed by atoms with Crippen molar-refractivity contribution < 1.29 is 50.6 Å². The van der Waals surface area contributed by atoms with Crippen LogP contribution in [0.3, 0.4) is 0 Å². The Morgan fingerprint density at radius 3 is 1.81 bits per heavy atom. The summed E-state index contributed by atoms with van der Waals surface area (Å²) in [6.07, 6.45) is 1.41. The molecule has 4 N–H and O–H groups in total. The van der Waals surface area contributed by atoms with Crippen molar-refractivity contribution in [2.75, 3.05) is 32.3 Å². The molecule has 4 aromatic carbocycles. The van der Waals surface area contributed by atoms with Crippen LogP contribution in [0.15, 0.2) is 113 Å². The number of carboxylic acids is 2. The van der Waals surface area contributed by atoms with Crippen LogP contribution >= 0.6 is 58.0 Å². The van der Waals surface area contributed by atoms with Gasteiger partial charge in [-0.15, -0.1) is 0 Å². The molecular weight excluding hydrogens is 1060 g/mol. The Hall–Kier alpha value is -6.06. The number of halogens is 6. The number of hydrogen-bond acceptors (Lipinski definition) is 10. The first-order valence-electron chi connectivity index (χ1n) is 20.7. The van der Waals surface area contributed by atoms with Gasteiger partial charge in [0.25, 0.3) is 31.9 Å². The smallest absolute Gasteiger partial charge is 0.303 e. The first-order valence-corrected chi connectivity index (χ1v) is 25.4. The average molecular weight is 1090 g/mol. The Morgan fingerprint density at radius 1 is 0.643 bits per heavy atom. The van der Waals surface area contributed by atoms with Crippen LogP contribution in [-0.2, 0) is 36.1 Å². The van der Waals surface area contributed by atoms with Gasteiger partial charge in [-0.2, -0.15) is 0 Å². The molecule has 0 saturated carbocycles. The van der Waals surface area contributed by atoms with Crippen LogP contribution in [0.25, 0.3) is 0 Å². The number of anilines is 4. The van der Waals surface area contributed by atoms with Gasteiger partial charge in [-0.25, -0.2) is 21.2 Å². The third-order valence-corrected chi connectivity index (χ3v) is 16.6. The number of aliphatic carboxylic acids is 2. The maximum Gasteiger partial charge on any atom is 0.303 e. The quantitative estimate of drug-likeness (QED) is 0.0847. The highest BCUT2D eigenvalue weighted by Gasteiger charge is 2.43. The van der Waals surface area contributed by atoms with Crippen LogP contribution in [0.1, 0.15) is 56.4 Å². The summed E-state index contributed by atoms with van der Waals surface area (Å²) in [6, 6.07) is 19.8. The molecule has 4 heterocycles. The Bertz CT molecular complexity index is 3350. The zero-order valence-electron chi connectivity index (χ0n) is 35.6. The summed E-state index contributed by atoms with van der Waals surface area (Å²) in [5.41, 5.74) is -0.383. The maximum atomic E-state index is 14.8. The highest BCUT2D eigenvalue weighted by Crippen LogP contribution is 2.48. The molecule has 0 aliphatic carbocycles. The lowest BCUT2D eigenvalue weighted by Crippen LogP contribution is -2.43. The van der Waals surface area contributed by atoms with E-state index in [1.165, 1.54) is 91.3 Å². The summed E-state index contributed by atoms with van der Waals surface area (Å²) in [5.74, 6) is -8.09. The number of aromatic nitrogens is 2. The lowest BCUT2D eigenvalue weighted by atomic mass is 9.78. The summed E-state index contributed by atoms with van der Waals surface area (Å²) in [6.45, 7) is -0.826. The van der Waals surface area contributed by atoms with Crippen LogP contribution in [0.5, 0.6) is 0 Å². The van der Waals surface area contributed by atoms with Gasteiger partial charge in [0.15, 0.2) is 0 Å². The number of carbonyl (C=O) groups is 4. The van der Waals surface area contributed by atoms with Crippen LogP contribution in [0.4, 0.5) is 27.1 Å². The van der Waals surface area contributed by atoms with Gasteiger partial charge in [-0.05, 0) is 84.6 Å². The van der Waals surface area contributed by atoms with Crippen molar-refractivity contribution in [1.29, 1.82) is 0 Å².